The first-order valence-corrected chi connectivity index (χ1v) is 5.56. The second-order valence-electron chi connectivity index (χ2n) is 4.68. The van der Waals surface area contributed by atoms with Crippen molar-refractivity contribution in [3.8, 4) is 0 Å². The highest BCUT2D eigenvalue weighted by Crippen LogP contribution is 2.32. The molecule has 0 bridgehead atoms. The van der Waals surface area contributed by atoms with Gasteiger partial charge >= 0.3 is 5.97 Å². The van der Waals surface area contributed by atoms with Gasteiger partial charge in [0.05, 0.1) is 5.92 Å². The van der Waals surface area contributed by atoms with Gasteiger partial charge in [-0.25, -0.2) is 0 Å². The molecule has 3 heteroatoms. The lowest BCUT2D eigenvalue weighted by Gasteiger charge is -2.15. The topological polar surface area (TPSA) is 40.5 Å². The first kappa shape index (κ1) is 11.1. The third-order valence-corrected chi connectivity index (χ3v) is 3.33. The number of rotatable bonds is 2. The molecule has 1 aromatic carbocycles. The van der Waals surface area contributed by atoms with Crippen LogP contribution in [-0.2, 0) is 4.79 Å². The number of likely N-dealkylation sites (tertiary alicyclic amines) is 1. The fourth-order valence-electron chi connectivity index (χ4n) is 2.40. The quantitative estimate of drug-likeness (QED) is 0.823. The van der Waals surface area contributed by atoms with Crippen LogP contribution in [-0.4, -0.2) is 36.1 Å². The molecule has 0 aromatic heterocycles. The highest BCUT2D eigenvalue weighted by atomic mass is 16.4. The maximum Gasteiger partial charge on any atom is 0.308 e. The largest absolute Gasteiger partial charge is 0.481 e. The molecule has 2 rings (SSSR count). The van der Waals surface area contributed by atoms with E-state index < -0.39 is 5.97 Å². The van der Waals surface area contributed by atoms with Gasteiger partial charge in [-0.2, -0.15) is 0 Å². The first-order valence-electron chi connectivity index (χ1n) is 5.56. The molecule has 1 saturated heterocycles. The number of carboxylic acids is 1. The number of hydrogen-bond acceptors (Lipinski definition) is 2. The molecule has 1 heterocycles. The smallest absolute Gasteiger partial charge is 0.308 e. The average molecular weight is 219 g/mol. The van der Waals surface area contributed by atoms with Crippen molar-refractivity contribution in [2.75, 3.05) is 20.1 Å². The molecule has 3 nitrogen and oxygen atoms in total. The predicted molar refractivity (Wildman–Crippen MR) is 62.5 cm³/mol. The molecule has 1 N–H and O–H groups in total. The first-order chi connectivity index (χ1) is 7.58. The lowest BCUT2D eigenvalue weighted by atomic mass is 9.89. The van der Waals surface area contributed by atoms with Crippen LogP contribution in [0.4, 0.5) is 0 Å². The van der Waals surface area contributed by atoms with Gasteiger partial charge in [-0.3, -0.25) is 4.79 Å². The van der Waals surface area contributed by atoms with Crippen LogP contribution in [0.3, 0.4) is 0 Å². The van der Waals surface area contributed by atoms with Crippen molar-refractivity contribution in [2.45, 2.75) is 12.8 Å². The summed E-state index contributed by atoms with van der Waals surface area (Å²) in [4.78, 5) is 13.3. The number of carbonyl (C=O) groups is 1. The Kier molecular flexibility index (Phi) is 2.97. The van der Waals surface area contributed by atoms with E-state index in [4.69, 9.17) is 0 Å². The number of carboxylic acid groups (broad SMARTS) is 1. The van der Waals surface area contributed by atoms with Gasteiger partial charge in [-0.1, -0.05) is 29.8 Å². The number of likely N-dealkylation sites (N-methyl/N-ethyl adjacent to an activating group) is 1. The lowest BCUT2D eigenvalue weighted by Crippen LogP contribution is -2.21. The summed E-state index contributed by atoms with van der Waals surface area (Å²) < 4.78 is 0. The predicted octanol–water partition coefficient (Wildman–Crippen LogP) is 1.72. The summed E-state index contributed by atoms with van der Waals surface area (Å²) in [6.07, 6.45) is 0. The van der Waals surface area contributed by atoms with Crippen molar-refractivity contribution in [2.24, 2.45) is 5.92 Å². The zero-order valence-electron chi connectivity index (χ0n) is 9.68. The van der Waals surface area contributed by atoms with E-state index >= 15 is 0 Å². The summed E-state index contributed by atoms with van der Waals surface area (Å²) >= 11 is 0. The number of aliphatic carboxylic acids is 1. The third kappa shape index (κ3) is 2.09. The molecule has 86 valence electrons. The summed E-state index contributed by atoms with van der Waals surface area (Å²) in [6.45, 7) is 3.52. The monoisotopic (exact) mass is 219 g/mol. The standard InChI is InChI=1S/C13H17NO2/c1-9-3-5-10(6-4-9)11-7-14(2)8-12(11)13(15)16/h3-6,11-12H,7-8H2,1-2H3,(H,15,16)/t11-,12-/m0/s1. The van der Waals surface area contributed by atoms with E-state index in [1.807, 2.05) is 26.1 Å². The fraction of sp³-hybridized carbons (Fsp3) is 0.462. The minimum atomic E-state index is -0.685. The number of nitrogens with zero attached hydrogens (tertiary/aromatic N) is 1. The molecule has 16 heavy (non-hydrogen) atoms. The van der Waals surface area contributed by atoms with E-state index in [-0.39, 0.29) is 11.8 Å². The van der Waals surface area contributed by atoms with Crippen molar-refractivity contribution in [3.63, 3.8) is 0 Å². The van der Waals surface area contributed by atoms with Crippen molar-refractivity contribution in [1.82, 2.24) is 4.90 Å². The SMILES string of the molecule is Cc1ccc([C@@H]2CN(C)C[C@@H]2C(=O)O)cc1. The van der Waals surface area contributed by atoms with E-state index in [0.29, 0.717) is 6.54 Å². The number of hydrogen-bond donors (Lipinski definition) is 1. The fourth-order valence-corrected chi connectivity index (χ4v) is 2.40. The minimum Gasteiger partial charge on any atom is -0.481 e. The summed E-state index contributed by atoms with van der Waals surface area (Å²) in [5.41, 5.74) is 2.35. The number of benzene rings is 1. The highest BCUT2D eigenvalue weighted by Gasteiger charge is 2.36. The van der Waals surface area contributed by atoms with E-state index in [1.165, 1.54) is 5.56 Å². The van der Waals surface area contributed by atoms with Crippen LogP contribution >= 0.6 is 0 Å². The minimum absolute atomic E-state index is 0.128. The van der Waals surface area contributed by atoms with Crippen LogP contribution in [0.15, 0.2) is 24.3 Å². The van der Waals surface area contributed by atoms with Crippen molar-refractivity contribution in [3.05, 3.63) is 35.4 Å². The Hall–Kier alpha value is -1.35. The molecule has 0 amide bonds. The molecular weight excluding hydrogens is 202 g/mol. The highest BCUT2D eigenvalue weighted by molar-refractivity contribution is 5.72. The third-order valence-electron chi connectivity index (χ3n) is 3.33. The van der Waals surface area contributed by atoms with Gasteiger partial charge < -0.3 is 10.0 Å². The summed E-state index contributed by atoms with van der Waals surface area (Å²) in [7, 11) is 1.98. The zero-order valence-corrected chi connectivity index (χ0v) is 9.68. The molecular formula is C13H17NO2. The van der Waals surface area contributed by atoms with Crippen molar-refractivity contribution < 1.29 is 9.90 Å². The van der Waals surface area contributed by atoms with Gasteiger partial charge in [0.25, 0.3) is 0 Å². The van der Waals surface area contributed by atoms with E-state index in [2.05, 4.69) is 17.0 Å². The summed E-state index contributed by atoms with van der Waals surface area (Å²) in [5.74, 6) is -0.828. The van der Waals surface area contributed by atoms with Crippen LogP contribution in [0.2, 0.25) is 0 Å². The Morgan fingerprint density at radius 1 is 1.31 bits per heavy atom. The van der Waals surface area contributed by atoms with E-state index in [0.717, 1.165) is 12.1 Å². The summed E-state index contributed by atoms with van der Waals surface area (Å²) in [6, 6.07) is 8.20. The van der Waals surface area contributed by atoms with Crippen LogP contribution in [0, 0.1) is 12.8 Å². The summed E-state index contributed by atoms with van der Waals surface area (Å²) in [5, 5.41) is 9.19. The maximum atomic E-state index is 11.2. The Labute approximate surface area is 95.7 Å². The molecule has 0 spiro atoms. The van der Waals surface area contributed by atoms with Crippen LogP contribution in [0.5, 0.6) is 0 Å². The Balaban J connectivity index is 2.25. The van der Waals surface area contributed by atoms with Gasteiger partial charge in [0.2, 0.25) is 0 Å². The Morgan fingerprint density at radius 3 is 2.50 bits per heavy atom. The van der Waals surface area contributed by atoms with Crippen LogP contribution < -0.4 is 0 Å². The normalized spacial score (nSPS) is 25.9. The molecule has 1 aliphatic rings. The molecule has 1 aliphatic heterocycles. The lowest BCUT2D eigenvalue weighted by molar-refractivity contribution is -0.141. The van der Waals surface area contributed by atoms with Gasteiger partial charge in [0.1, 0.15) is 0 Å². The van der Waals surface area contributed by atoms with Crippen LogP contribution in [0.25, 0.3) is 0 Å². The molecule has 0 unspecified atom stereocenters. The zero-order chi connectivity index (χ0) is 11.7. The average Bonchev–Trinajstić information content (AvgIpc) is 2.61. The van der Waals surface area contributed by atoms with E-state index in [1.54, 1.807) is 0 Å². The number of aryl methyl sites for hydroxylation is 1. The molecule has 2 atom stereocenters. The Morgan fingerprint density at radius 2 is 1.94 bits per heavy atom. The van der Waals surface area contributed by atoms with Gasteiger partial charge in [0, 0.05) is 19.0 Å². The van der Waals surface area contributed by atoms with Gasteiger partial charge in [-0.05, 0) is 19.5 Å². The molecule has 0 radical (unpaired) electrons. The second kappa shape index (κ2) is 4.26. The molecule has 0 aliphatic carbocycles. The van der Waals surface area contributed by atoms with Crippen molar-refractivity contribution >= 4 is 5.97 Å². The van der Waals surface area contributed by atoms with Gasteiger partial charge in [-0.15, -0.1) is 0 Å². The van der Waals surface area contributed by atoms with Gasteiger partial charge in [0.15, 0.2) is 0 Å². The maximum absolute atomic E-state index is 11.2. The van der Waals surface area contributed by atoms with Crippen LogP contribution in [0.1, 0.15) is 17.0 Å². The molecule has 0 saturated carbocycles. The van der Waals surface area contributed by atoms with E-state index in [9.17, 15) is 9.90 Å². The second-order valence-corrected chi connectivity index (χ2v) is 4.68. The molecule has 1 aromatic rings. The van der Waals surface area contributed by atoms with Crippen molar-refractivity contribution in [1.29, 1.82) is 0 Å². The Bertz CT molecular complexity index is 385. The molecule has 1 fully saturated rings.